The number of hydrogen-bond donors (Lipinski definition) is 1. The van der Waals surface area contributed by atoms with Crippen LogP contribution in [0.15, 0.2) is 59.5 Å². The standard InChI is InChI=1S/C20H26N2O2S/c1-3-24-18-10-12-19(13-11-18)25-16-20(23)21-14-7-15-22(2)17-8-5-4-6-9-17/h4-6,8-13H,3,7,14-16H2,1-2H3,(H,21,23). The van der Waals surface area contributed by atoms with Gasteiger partial charge >= 0.3 is 0 Å². The lowest BCUT2D eigenvalue weighted by Gasteiger charge is -2.19. The minimum absolute atomic E-state index is 0.0706. The molecule has 1 N–H and O–H groups in total. The molecule has 2 rings (SSSR count). The Labute approximate surface area is 154 Å². The fraction of sp³-hybridized carbons (Fsp3) is 0.350. The van der Waals surface area contributed by atoms with E-state index >= 15 is 0 Å². The molecular formula is C20H26N2O2S. The fourth-order valence-electron chi connectivity index (χ4n) is 2.35. The molecule has 0 unspecified atom stereocenters. The van der Waals surface area contributed by atoms with Crippen LogP contribution in [0, 0.1) is 0 Å². The van der Waals surface area contributed by atoms with Gasteiger partial charge in [-0.05, 0) is 49.7 Å². The van der Waals surface area contributed by atoms with Gasteiger partial charge in [-0.15, -0.1) is 11.8 Å². The summed E-state index contributed by atoms with van der Waals surface area (Å²) in [5.41, 5.74) is 1.19. The van der Waals surface area contributed by atoms with E-state index in [2.05, 4.69) is 29.4 Å². The van der Waals surface area contributed by atoms with Gasteiger partial charge in [0.1, 0.15) is 5.75 Å². The molecule has 134 valence electrons. The highest BCUT2D eigenvalue weighted by atomic mass is 32.2. The summed E-state index contributed by atoms with van der Waals surface area (Å²) in [5, 5.41) is 2.98. The Morgan fingerprint density at radius 3 is 2.52 bits per heavy atom. The van der Waals surface area contributed by atoms with Crippen LogP contribution in [0.25, 0.3) is 0 Å². The van der Waals surface area contributed by atoms with Crippen LogP contribution in [0.1, 0.15) is 13.3 Å². The molecule has 4 nitrogen and oxygen atoms in total. The van der Waals surface area contributed by atoms with Crippen LogP contribution in [0.2, 0.25) is 0 Å². The van der Waals surface area contributed by atoms with Crippen molar-refractivity contribution >= 4 is 23.4 Å². The molecule has 5 heteroatoms. The smallest absolute Gasteiger partial charge is 0.230 e. The van der Waals surface area contributed by atoms with Gasteiger partial charge in [-0.3, -0.25) is 4.79 Å². The Hall–Kier alpha value is -2.14. The molecule has 0 aliphatic carbocycles. The number of ether oxygens (including phenoxy) is 1. The third-order valence-corrected chi connectivity index (χ3v) is 4.71. The van der Waals surface area contributed by atoms with Crippen molar-refractivity contribution in [1.29, 1.82) is 0 Å². The zero-order valence-electron chi connectivity index (χ0n) is 14.9. The summed E-state index contributed by atoms with van der Waals surface area (Å²) in [6.45, 7) is 4.23. The van der Waals surface area contributed by atoms with Crippen molar-refractivity contribution < 1.29 is 9.53 Å². The highest BCUT2D eigenvalue weighted by Gasteiger charge is 2.04. The van der Waals surface area contributed by atoms with Gasteiger partial charge in [0.2, 0.25) is 5.91 Å². The Kier molecular flexibility index (Phi) is 8.19. The van der Waals surface area contributed by atoms with Crippen molar-refractivity contribution in [3.8, 4) is 5.75 Å². The topological polar surface area (TPSA) is 41.6 Å². The second kappa shape index (κ2) is 10.7. The number of benzene rings is 2. The van der Waals surface area contributed by atoms with E-state index < -0.39 is 0 Å². The van der Waals surface area contributed by atoms with E-state index in [-0.39, 0.29) is 5.91 Å². The third kappa shape index (κ3) is 7.10. The number of carbonyl (C=O) groups is 1. The number of para-hydroxylation sites is 1. The molecule has 1 amide bonds. The summed E-state index contributed by atoms with van der Waals surface area (Å²) >= 11 is 1.54. The predicted octanol–water partition coefficient (Wildman–Crippen LogP) is 3.82. The van der Waals surface area contributed by atoms with Gasteiger partial charge < -0.3 is 15.0 Å². The number of nitrogens with one attached hydrogen (secondary N) is 1. The lowest BCUT2D eigenvalue weighted by atomic mass is 10.3. The van der Waals surface area contributed by atoms with E-state index in [0.717, 1.165) is 23.6 Å². The summed E-state index contributed by atoms with van der Waals surface area (Å²) in [7, 11) is 2.07. The van der Waals surface area contributed by atoms with Crippen molar-refractivity contribution in [3.05, 3.63) is 54.6 Å². The van der Waals surface area contributed by atoms with Crippen LogP contribution in [-0.4, -0.2) is 38.4 Å². The van der Waals surface area contributed by atoms with Crippen molar-refractivity contribution in [3.63, 3.8) is 0 Å². The maximum absolute atomic E-state index is 11.9. The molecule has 0 atom stereocenters. The summed E-state index contributed by atoms with van der Waals surface area (Å²) in [6, 6.07) is 18.1. The summed E-state index contributed by atoms with van der Waals surface area (Å²) in [5.74, 6) is 1.36. The van der Waals surface area contributed by atoms with E-state index in [1.807, 2.05) is 49.4 Å². The average Bonchev–Trinajstić information content (AvgIpc) is 2.65. The van der Waals surface area contributed by atoms with Crippen molar-refractivity contribution in [1.82, 2.24) is 5.32 Å². The first-order valence-corrected chi connectivity index (χ1v) is 9.56. The second-order valence-corrected chi connectivity index (χ2v) is 6.70. The molecule has 0 radical (unpaired) electrons. The molecule has 0 saturated carbocycles. The molecule has 25 heavy (non-hydrogen) atoms. The molecule has 0 aliphatic rings. The number of carbonyl (C=O) groups excluding carboxylic acids is 1. The molecule has 0 spiro atoms. The molecule has 0 bridgehead atoms. The largest absolute Gasteiger partial charge is 0.494 e. The quantitative estimate of drug-likeness (QED) is 0.518. The average molecular weight is 359 g/mol. The lowest BCUT2D eigenvalue weighted by Crippen LogP contribution is -2.29. The first-order valence-electron chi connectivity index (χ1n) is 8.57. The van der Waals surface area contributed by atoms with Crippen LogP contribution < -0.4 is 15.0 Å². The van der Waals surface area contributed by atoms with Crippen LogP contribution >= 0.6 is 11.8 Å². The molecule has 2 aromatic rings. The summed E-state index contributed by atoms with van der Waals surface area (Å²) in [4.78, 5) is 15.2. The number of anilines is 1. The summed E-state index contributed by atoms with van der Waals surface area (Å²) < 4.78 is 5.41. The van der Waals surface area contributed by atoms with Gasteiger partial charge in [0.05, 0.1) is 12.4 Å². The van der Waals surface area contributed by atoms with Gasteiger partial charge in [-0.1, -0.05) is 18.2 Å². The Morgan fingerprint density at radius 1 is 1.12 bits per heavy atom. The first-order chi connectivity index (χ1) is 12.2. The van der Waals surface area contributed by atoms with E-state index in [1.54, 1.807) is 0 Å². The molecule has 0 heterocycles. The van der Waals surface area contributed by atoms with Crippen LogP contribution in [0.5, 0.6) is 5.75 Å². The van der Waals surface area contributed by atoms with Crippen LogP contribution in [0.4, 0.5) is 5.69 Å². The zero-order valence-corrected chi connectivity index (χ0v) is 15.7. The van der Waals surface area contributed by atoms with E-state index in [4.69, 9.17) is 4.74 Å². The van der Waals surface area contributed by atoms with Gasteiger partial charge in [0, 0.05) is 30.7 Å². The monoisotopic (exact) mass is 358 g/mol. The number of rotatable bonds is 10. The minimum atomic E-state index is 0.0706. The number of hydrogen-bond acceptors (Lipinski definition) is 4. The Morgan fingerprint density at radius 2 is 1.84 bits per heavy atom. The Bertz CT molecular complexity index is 632. The molecule has 0 fully saturated rings. The van der Waals surface area contributed by atoms with Crippen molar-refractivity contribution in [2.75, 3.05) is 37.4 Å². The summed E-state index contributed by atoms with van der Waals surface area (Å²) in [6.07, 6.45) is 0.921. The van der Waals surface area contributed by atoms with Gasteiger partial charge in [-0.2, -0.15) is 0 Å². The molecule has 0 aromatic heterocycles. The molecule has 0 saturated heterocycles. The van der Waals surface area contributed by atoms with E-state index in [9.17, 15) is 4.79 Å². The maximum atomic E-state index is 11.9. The van der Waals surface area contributed by atoms with Crippen molar-refractivity contribution in [2.24, 2.45) is 0 Å². The minimum Gasteiger partial charge on any atom is -0.494 e. The highest BCUT2D eigenvalue weighted by molar-refractivity contribution is 8.00. The molecular weight excluding hydrogens is 332 g/mol. The maximum Gasteiger partial charge on any atom is 0.230 e. The van der Waals surface area contributed by atoms with Gasteiger partial charge in [-0.25, -0.2) is 0 Å². The number of nitrogens with zero attached hydrogens (tertiary/aromatic N) is 1. The highest BCUT2D eigenvalue weighted by Crippen LogP contribution is 2.21. The van der Waals surface area contributed by atoms with Crippen molar-refractivity contribution in [2.45, 2.75) is 18.2 Å². The SMILES string of the molecule is CCOc1ccc(SCC(=O)NCCCN(C)c2ccccc2)cc1. The second-order valence-electron chi connectivity index (χ2n) is 5.65. The lowest BCUT2D eigenvalue weighted by molar-refractivity contribution is -0.118. The first kappa shape index (κ1) is 19.2. The van der Waals surface area contributed by atoms with Crippen LogP contribution in [-0.2, 0) is 4.79 Å². The van der Waals surface area contributed by atoms with E-state index in [1.165, 1.54) is 17.4 Å². The molecule has 2 aromatic carbocycles. The zero-order chi connectivity index (χ0) is 17.9. The van der Waals surface area contributed by atoms with Crippen LogP contribution in [0.3, 0.4) is 0 Å². The number of thioether (sulfide) groups is 1. The Balaban J connectivity index is 1.60. The predicted molar refractivity (Wildman–Crippen MR) is 106 cm³/mol. The number of amides is 1. The van der Waals surface area contributed by atoms with E-state index in [0.29, 0.717) is 18.9 Å². The van der Waals surface area contributed by atoms with Gasteiger partial charge in [0.25, 0.3) is 0 Å². The third-order valence-electron chi connectivity index (χ3n) is 3.69. The molecule has 0 aliphatic heterocycles. The van der Waals surface area contributed by atoms with Gasteiger partial charge in [0.15, 0.2) is 0 Å². The fourth-order valence-corrected chi connectivity index (χ4v) is 3.08. The normalized spacial score (nSPS) is 10.3.